The number of rotatable bonds is 13. The Morgan fingerprint density at radius 2 is 1.56 bits per heavy atom. The monoisotopic (exact) mass is 407 g/mol. The molecule has 0 radical (unpaired) electrons. The minimum atomic E-state index is -1.49. The van der Waals surface area contributed by atoms with Gasteiger partial charge in [0, 0.05) is 0 Å². The number of aliphatic hydroxyl groups excluding tert-OH is 1. The molecule has 9 N–H and O–H groups in total. The molecule has 3 atom stereocenters. The van der Waals surface area contributed by atoms with Crippen LogP contribution >= 0.6 is 11.8 Å². The second kappa shape index (κ2) is 12.9. The Kier molecular flexibility index (Phi) is 11.8. The predicted octanol–water partition coefficient (Wildman–Crippen LogP) is -3.90. The third-order valence-electron chi connectivity index (χ3n) is 3.28. The molecule has 0 aliphatic rings. The summed E-state index contributed by atoms with van der Waals surface area (Å²) >= 11 is 1.39. The Balaban J connectivity index is 5.04. The number of aliphatic carboxylic acids is 1. The Morgan fingerprint density at radius 1 is 1.00 bits per heavy atom. The van der Waals surface area contributed by atoms with E-state index in [9.17, 15) is 29.1 Å². The molecular weight excluding hydrogens is 382 g/mol. The normalized spacial score (nSPS) is 13.7. The maximum atomic E-state index is 12.2. The highest BCUT2D eigenvalue weighted by molar-refractivity contribution is 7.98. The van der Waals surface area contributed by atoms with Gasteiger partial charge in [0.15, 0.2) is 0 Å². The standard InChI is InChI=1S/C14H25N5O7S/c1-27-3-2-7(14(25)26)18-13(24)9(6-20)19-12(23)8(4-10(16)21)17-11(22)5-15/h7-9,20H,2-6,15H2,1H3,(H2,16,21)(H,17,22)(H,18,24)(H,19,23)(H,25,26). The molecule has 12 nitrogen and oxygen atoms in total. The SMILES string of the molecule is CSCCC(NC(=O)C(CO)NC(=O)C(CC(N)=O)NC(=O)CN)C(=O)O. The van der Waals surface area contributed by atoms with Crippen molar-refractivity contribution in [3.63, 3.8) is 0 Å². The van der Waals surface area contributed by atoms with E-state index in [4.69, 9.17) is 16.6 Å². The first-order valence-corrected chi connectivity index (χ1v) is 9.26. The maximum absolute atomic E-state index is 12.2. The van der Waals surface area contributed by atoms with Gasteiger partial charge in [-0.3, -0.25) is 19.2 Å². The fourth-order valence-electron chi connectivity index (χ4n) is 1.90. The molecule has 3 unspecified atom stereocenters. The van der Waals surface area contributed by atoms with Crippen molar-refractivity contribution in [2.75, 3.05) is 25.2 Å². The topological polar surface area (TPSA) is 214 Å². The molecule has 0 fully saturated rings. The van der Waals surface area contributed by atoms with Crippen molar-refractivity contribution in [3.8, 4) is 0 Å². The predicted molar refractivity (Wildman–Crippen MR) is 96.4 cm³/mol. The van der Waals surface area contributed by atoms with Crippen LogP contribution in [-0.2, 0) is 24.0 Å². The number of carbonyl (C=O) groups excluding carboxylic acids is 4. The first kappa shape index (κ1) is 24.6. The number of carbonyl (C=O) groups is 5. The molecule has 27 heavy (non-hydrogen) atoms. The highest BCUT2D eigenvalue weighted by Gasteiger charge is 2.29. The fraction of sp³-hybridized carbons (Fsp3) is 0.643. The van der Waals surface area contributed by atoms with Gasteiger partial charge in [0.2, 0.25) is 23.6 Å². The second-order valence-corrected chi connectivity index (χ2v) is 6.40. The van der Waals surface area contributed by atoms with Crippen LogP contribution in [0.4, 0.5) is 0 Å². The van der Waals surface area contributed by atoms with Crippen LogP contribution in [0.5, 0.6) is 0 Å². The van der Waals surface area contributed by atoms with Crippen LogP contribution in [0.2, 0.25) is 0 Å². The number of nitrogens with one attached hydrogen (secondary N) is 3. The van der Waals surface area contributed by atoms with Crippen LogP contribution < -0.4 is 27.4 Å². The molecule has 0 saturated carbocycles. The zero-order valence-corrected chi connectivity index (χ0v) is 15.6. The zero-order valence-electron chi connectivity index (χ0n) is 14.8. The Hall–Kier alpha value is -2.38. The largest absolute Gasteiger partial charge is 0.480 e. The van der Waals surface area contributed by atoms with Crippen molar-refractivity contribution in [1.29, 1.82) is 0 Å². The van der Waals surface area contributed by atoms with Crippen molar-refractivity contribution >= 4 is 41.4 Å². The van der Waals surface area contributed by atoms with Gasteiger partial charge in [0.1, 0.15) is 18.1 Å². The number of hydrogen-bond donors (Lipinski definition) is 7. The Labute approximate surface area is 159 Å². The third kappa shape index (κ3) is 9.77. The number of aliphatic hydroxyl groups is 1. The lowest BCUT2D eigenvalue weighted by Crippen LogP contribution is -2.57. The van der Waals surface area contributed by atoms with E-state index in [-0.39, 0.29) is 6.42 Å². The molecular formula is C14H25N5O7S. The Bertz CT molecular complexity index is 560. The van der Waals surface area contributed by atoms with Crippen LogP contribution in [-0.4, -0.2) is 83.1 Å². The summed E-state index contributed by atoms with van der Waals surface area (Å²) in [6, 6.07) is -4.08. The van der Waals surface area contributed by atoms with Gasteiger partial charge in [-0.2, -0.15) is 11.8 Å². The fourth-order valence-corrected chi connectivity index (χ4v) is 2.37. The van der Waals surface area contributed by atoms with E-state index in [1.807, 2.05) is 0 Å². The summed E-state index contributed by atoms with van der Waals surface area (Å²) in [5.41, 5.74) is 10.1. The number of hydrogen-bond acceptors (Lipinski definition) is 8. The molecule has 0 aromatic rings. The van der Waals surface area contributed by atoms with Gasteiger partial charge in [-0.1, -0.05) is 0 Å². The average Bonchev–Trinajstić information content (AvgIpc) is 2.61. The molecule has 154 valence electrons. The molecule has 0 spiro atoms. The van der Waals surface area contributed by atoms with Crippen LogP contribution in [0.15, 0.2) is 0 Å². The minimum Gasteiger partial charge on any atom is -0.480 e. The highest BCUT2D eigenvalue weighted by atomic mass is 32.2. The van der Waals surface area contributed by atoms with Gasteiger partial charge < -0.3 is 37.6 Å². The van der Waals surface area contributed by atoms with Crippen LogP contribution in [0.25, 0.3) is 0 Å². The van der Waals surface area contributed by atoms with E-state index < -0.39 is 67.3 Å². The number of nitrogens with two attached hydrogens (primary N) is 2. The molecule has 0 aromatic heterocycles. The maximum Gasteiger partial charge on any atom is 0.326 e. The molecule has 0 heterocycles. The summed E-state index contributed by atoms with van der Waals surface area (Å²) in [6.45, 7) is -1.28. The number of thioether (sulfide) groups is 1. The van der Waals surface area contributed by atoms with Gasteiger partial charge in [-0.25, -0.2) is 4.79 Å². The van der Waals surface area contributed by atoms with E-state index >= 15 is 0 Å². The van der Waals surface area contributed by atoms with Crippen molar-refractivity contribution in [1.82, 2.24) is 16.0 Å². The lowest BCUT2D eigenvalue weighted by Gasteiger charge is -2.22. The molecule has 4 amide bonds. The van der Waals surface area contributed by atoms with Gasteiger partial charge in [0.05, 0.1) is 19.6 Å². The minimum absolute atomic E-state index is 0.144. The number of carboxylic acids is 1. The van der Waals surface area contributed by atoms with Gasteiger partial charge in [-0.15, -0.1) is 0 Å². The molecule has 13 heteroatoms. The van der Waals surface area contributed by atoms with Gasteiger partial charge in [-0.05, 0) is 18.4 Å². The van der Waals surface area contributed by atoms with Crippen LogP contribution in [0.3, 0.4) is 0 Å². The van der Waals surface area contributed by atoms with Crippen molar-refractivity contribution in [3.05, 3.63) is 0 Å². The summed E-state index contributed by atoms with van der Waals surface area (Å²) in [6.07, 6.45) is 1.36. The number of primary amides is 1. The van der Waals surface area contributed by atoms with E-state index in [1.54, 1.807) is 6.26 Å². The molecule has 0 aromatic carbocycles. The average molecular weight is 407 g/mol. The quantitative estimate of drug-likeness (QED) is 0.159. The zero-order chi connectivity index (χ0) is 21.0. The summed E-state index contributed by atoms with van der Waals surface area (Å²) in [7, 11) is 0. The number of carboxylic acid groups (broad SMARTS) is 1. The van der Waals surface area contributed by atoms with E-state index in [0.717, 1.165) is 0 Å². The molecule has 0 aliphatic carbocycles. The molecule has 0 bridgehead atoms. The van der Waals surface area contributed by atoms with Crippen molar-refractivity contribution in [2.24, 2.45) is 11.5 Å². The first-order chi connectivity index (χ1) is 12.7. The van der Waals surface area contributed by atoms with Crippen LogP contribution in [0.1, 0.15) is 12.8 Å². The Morgan fingerprint density at radius 3 is 2.00 bits per heavy atom. The summed E-state index contributed by atoms with van der Waals surface area (Å²) < 4.78 is 0. The lowest BCUT2D eigenvalue weighted by molar-refractivity contribution is -0.142. The van der Waals surface area contributed by atoms with E-state index in [1.165, 1.54) is 11.8 Å². The first-order valence-electron chi connectivity index (χ1n) is 7.87. The van der Waals surface area contributed by atoms with Crippen molar-refractivity contribution < 1.29 is 34.2 Å². The molecule has 0 saturated heterocycles. The highest BCUT2D eigenvalue weighted by Crippen LogP contribution is 2.02. The second-order valence-electron chi connectivity index (χ2n) is 5.42. The van der Waals surface area contributed by atoms with Gasteiger partial charge in [0.25, 0.3) is 0 Å². The summed E-state index contributed by atoms with van der Waals surface area (Å²) in [5.74, 6) is -4.30. The molecule has 0 rings (SSSR count). The van der Waals surface area contributed by atoms with E-state index in [2.05, 4.69) is 16.0 Å². The smallest absolute Gasteiger partial charge is 0.326 e. The molecule has 0 aliphatic heterocycles. The summed E-state index contributed by atoms with van der Waals surface area (Å²) in [5, 5.41) is 25.0. The van der Waals surface area contributed by atoms with Crippen molar-refractivity contribution in [2.45, 2.75) is 31.0 Å². The third-order valence-corrected chi connectivity index (χ3v) is 3.93. The van der Waals surface area contributed by atoms with Crippen LogP contribution in [0, 0.1) is 0 Å². The van der Waals surface area contributed by atoms with Gasteiger partial charge >= 0.3 is 5.97 Å². The van der Waals surface area contributed by atoms with E-state index in [0.29, 0.717) is 5.75 Å². The number of amides is 4. The summed E-state index contributed by atoms with van der Waals surface area (Å²) in [4.78, 5) is 58.0. The lowest BCUT2D eigenvalue weighted by atomic mass is 10.1.